The predicted molar refractivity (Wildman–Crippen MR) is 123 cm³/mol. The smallest absolute Gasteiger partial charge is 0.307 e. The summed E-state index contributed by atoms with van der Waals surface area (Å²) in [5.74, 6) is 3.02. The first-order valence-corrected chi connectivity index (χ1v) is 11.6. The van der Waals surface area contributed by atoms with Crippen LogP contribution in [0.5, 0.6) is 0 Å². The molecule has 2 aliphatic rings. The maximum Gasteiger partial charge on any atom is 0.307 e. The summed E-state index contributed by atoms with van der Waals surface area (Å²) in [6.45, 7) is 10.6. The second-order valence-electron chi connectivity index (χ2n) is 10.1. The van der Waals surface area contributed by atoms with Crippen LogP contribution in [0.25, 0.3) is 11.2 Å². The van der Waals surface area contributed by atoms with Crippen LogP contribution in [0.2, 0.25) is 0 Å². The van der Waals surface area contributed by atoms with Crippen molar-refractivity contribution in [1.29, 1.82) is 0 Å². The second-order valence-corrected chi connectivity index (χ2v) is 10.1. The molecule has 2 aliphatic carbocycles. The Hall–Kier alpha value is -2.17. The number of imidazole rings is 1. The van der Waals surface area contributed by atoms with E-state index in [1.165, 1.54) is 44.1 Å². The lowest BCUT2D eigenvalue weighted by Gasteiger charge is -2.52. The van der Waals surface area contributed by atoms with Crippen LogP contribution in [0.4, 0.5) is 5.82 Å². The van der Waals surface area contributed by atoms with Gasteiger partial charge in [0.2, 0.25) is 5.52 Å². The summed E-state index contributed by atoms with van der Waals surface area (Å²) in [5.41, 5.74) is 11.4. The third-order valence-electron chi connectivity index (χ3n) is 8.36. The van der Waals surface area contributed by atoms with Gasteiger partial charge in [-0.1, -0.05) is 42.1 Å². The number of aromatic nitrogens is 4. The molecule has 0 saturated heterocycles. The molecule has 0 amide bonds. The highest BCUT2D eigenvalue weighted by Crippen LogP contribution is 2.56. The van der Waals surface area contributed by atoms with Crippen LogP contribution >= 0.6 is 0 Å². The standard InChI is InChI=1S/C25H38N5/c1-17(12-14-30-16-29(5)22-23(26)27-15-28-24(22)30)11-13-25(4)19(3)9-10-20-18(2)7-6-8-21(20)25/h7,12,15-16,19-21H,6,8-11,13-14H2,1-5H3,(H2,26,27,28)/q+1/b17-12+. The van der Waals surface area contributed by atoms with Crippen molar-refractivity contribution in [3.8, 4) is 0 Å². The van der Waals surface area contributed by atoms with Crippen LogP contribution in [0.3, 0.4) is 0 Å². The fourth-order valence-electron chi connectivity index (χ4n) is 6.14. The molecule has 162 valence electrons. The lowest BCUT2D eigenvalue weighted by Crippen LogP contribution is -2.44. The SMILES string of the molecule is CC1=CCCC2C1CCC(C)C2(C)CC/C(C)=C/C[n+]1cn(C)c2c(N)ncnc21. The van der Waals surface area contributed by atoms with Gasteiger partial charge in [-0.25, -0.2) is 4.57 Å². The molecule has 30 heavy (non-hydrogen) atoms. The average molecular weight is 409 g/mol. The predicted octanol–water partition coefficient (Wildman–Crippen LogP) is 4.97. The number of nitrogen functional groups attached to an aromatic ring is 1. The molecule has 4 atom stereocenters. The number of fused-ring (bicyclic) bond motifs is 2. The fraction of sp³-hybridized carbons (Fsp3) is 0.640. The summed E-state index contributed by atoms with van der Waals surface area (Å²) >= 11 is 0. The van der Waals surface area contributed by atoms with E-state index in [0.717, 1.165) is 35.5 Å². The lowest BCUT2D eigenvalue weighted by molar-refractivity contribution is -0.663. The molecule has 1 fully saturated rings. The lowest BCUT2D eigenvalue weighted by atomic mass is 9.52. The number of hydrogen-bond acceptors (Lipinski definition) is 3. The fourth-order valence-corrected chi connectivity index (χ4v) is 6.14. The number of aryl methyl sites for hydroxylation is 1. The Kier molecular flexibility index (Phi) is 5.73. The Labute approximate surface area is 181 Å². The molecule has 0 bridgehead atoms. The van der Waals surface area contributed by atoms with Gasteiger partial charge < -0.3 is 5.73 Å². The van der Waals surface area contributed by atoms with Gasteiger partial charge in [0.05, 0.1) is 13.6 Å². The van der Waals surface area contributed by atoms with Crippen molar-refractivity contribution in [2.45, 2.75) is 72.8 Å². The Morgan fingerprint density at radius 3 is 2.93 bits per heavy atom. The molecule has 0 aliphatic heterocycles. The summed E-state index contributed by atoms with van der Waals surface area (Å²) in [6.07, 6.45) is 16.3. The van der Waals surface area contributed by atoms with E-state index in [1.54, 1.807) is 11.9 Å². The number of allylic oxidation sites excluding steroid dienone is 4. The molecule has 0 radical (unpaired) electrons. The third-order valence-corrected chi connectivity index (χ3v) is 8.36. The van der Waals surface area contributed by atoms with Crippen molar-refractivity contribution in [1.82, 2.24) is 14.5 Å². The number of rotatable bonds is 5. The molecule has 2 aromatic heterocycles. The Balaban J connectivity index is 1.46. The number of anilines is 1. The van der Waals surface area contributed by atoms with Crippen LogP contribution in [-0.4, -0.2) is 14.5 Å². The third kappa shape index (κ3) is 3.67. The summed E-state index contributed by atoms with van der Waals surface area (Å²) in [4.78, 5) is 8.57. The van der Waals surface area contributed by atoms with E-state index in [0.29, 0.717) is 11.2 Å². The summed E-state index contributed by atoms with van der Waals surface area (Å²) in [7, 11) is 2.00. The van der Waals surface area contributed by atoms with Crippen molar-refractivity contribution in [3.05, 3.63) is 36.0 Å². The van der Waals surface area contributed by atoms with Crippen LogP contribution in [-0.2, 0) is 13.6 Å². The van der Waals surface area contributed by atoms with Crippen molar-refractivity contribution in [3.63, 3.8) is 0 Å². The number of hydrogen-bond donors (Lipinski definition) is 1. The van der Waals surface area contributed by atoms with Gasteiger partial charge in [-0.2, -0.15) is 4.98 Å². The van der Waals surface area contributed by atoms with E-state index in [-0.39, 0.29) is 0 Å². The highest BCUT2D eigenvalue weighted by atomic mass is 15.2. The van der Waals surface area contributed by atoms with Gasteiger partial charge in [-0.3, -0.25) is 4.57 Å². The van der Waals surface area contributed by atoms with Crippen LogP contribution in [0, 0.1) is 23.2 Å². The topological polar surface area (TPSA) is 60.6 Å². The average Bonchev–Trinajstić information content (AvgIpc) is 3.05. The molecule has 2 N–H and O–H groups in total. The second kappa shape index (κ2) is 8.16. The van der Waals surface area contributed by atoms with E-state index in [4.69, 9.17) is 5.73 Å². The maximum atomic E-state index is 6.04. The van der Waals surface area contributed by atoms with Crippen molar-refractivity contribution in [2.24, 2.45) is 30.2 Å². The first-order valence-electron chi connectivity index (χ1n) is 11.6. The molecule has 2 aromatic rings. The monoisotopic (exact) mass is 408 g/mol. The van der Waals surface area contributed by atoms with Gasteiger partial charge >= 0.3 is 5.65 Å². The normalized spacial score (nSPS) is 29.7. The number of nitrogens with zero attached hydrogens (tertiary/aromatic N) is 4. The molecule has 4 unspecified atom stereocenters. The summed E-state index contributed by atoms with van der Waals surface area (Å²) in [6, 6.07) is 0. The molecule has 2 heterocycles. The Morgan fingerprint density at radius 2 is 2.13 bits per heavy atom. The number of nitrogens with two attached hydrogens (primary N) is 1. The van der Waals surface area contributed by atoms with Crippen molar-refractivity contribution < 1.29 is 4.57 Å². The molecular weight excluding hydrogens is 370 g/mol. The van der Waals surface area contributed by atoms with Gasteiger partial charge in [-0.05, 0) is 75.5 Å². The summed E-state index contributed by atoms with van der Waals surface area (Å²) in [5, 5.41) is 0. The quantitative estimate of drug-likeness (QED) is 0.561. The summed E-state index contributed by atoms with van der Waals surface area (Å²) < 4.78 is 4.17. The molecule has 5 heteroatoms. The van der Waals surface area contributed by atoms with E-state index in [9.17, 15) is 0 Å². The molecule has 5 nitrogen and oxygen atoms in total. The first-order chi connectivity index (χ1) is 14.3. The van der Waals surface area contributed by atoms with Gasteiger partial charge in [-0.15, -0.1) is 0 Å². The Bertz CT molecular complexity index is 985. The molecule has 0 aromatic carbocycles. The highest BCUT2D eigenvalue weighted by Gasteiger charge is 2.46. The minimum atomic E-state index is 0.446. The minimum absolute atomic E-state index is 0.446. The largest absolute Gasteiger partial charge is 0.380 e. The van der Waals surface area contributed by atoms with Crippen LogP contribution in [0.15, 0.2) is 36.0 Å². The van der Waals surface area contributed by atoms with Gasteiger partial charge in [0, 0.05) is 0 Å². The molecule has 1 saturated carbocycles. The van der Waals surface area contributed by atoms with Crippen LogP contribution < -0.4 is 10.3 Å². The minimum Gasteiger partial charge on any atom is -0.380 e. The maximum absolute atomic E-state index is 6.04. The zero-order chi connectivity index (χ0) is 21.5. The molecular formula is C25H38N5+. The molecule has 0 spiro atoms. The van der Waals surface area contributed by atoms with E-state index in [1.807, 2.05) is 11.6 Å². The first kappa shape index (κ1) is 21.1. The zero-order valence-electron chi connectivity index (χ0n) is 19.4. The van der Waals surface area contributed by atoms with E-state index < -0.39 is 0 Å². The Morgan fingerprint density at radius 1 is 1.33 bits per heavy atom. The zero-order valence-corrected chi connectivity index (χ0v) is 19.4. The van der Waals surface area contributed by atoms with Gasteiger partial charge in [0.25, 0.3) is 0 Å². The van der Waals surface area contributed by atoms with Gasteiger partial charge in [0.1, 0.15) is 0 Å². The van der Waals surface area contributed by atoms with Crippen LogP contribution in [0.1, 0.15) is 66.2 Å². The van der Waals surface area contributed by atoms with Crippen molar-refractivity contribution in [2.75, 3.05) is 5.73 Å². The van der Waals surface area contributed by atoms with Crippen molar-refractivity contribution >= 4 is 17.0 Å². The van der Waals surface area contributed by atoms with E-state index >= 15 is 0 Å². The highest BCUT2D eigenvalue weighted by molar-refractivity contribution is 5.78. The van der Waals surface area contributed by atoms with E-state index in [2.05, 4.69) is 60.7 Å². The molecule has 4 rings (SSSR count). The van der Waals surface area contributed by atoms with Gasteiger partial charge in [0.15, 0.2) is 18.5 Å².